The predicted molar refractivity (Wildman–Crippen MR) is 131 cm³/mol. The zero-order chi connectivity index (χ0) is 24.4. The van der Waals surface area contributed by atoms with Crippen molar-refractivity contribution in [3.05, 3.63) is 82.2 Å². The van der Waals surface area contributed by atoms with E-state index in [1.165, 1.54) is 23.8 Å². The van der Waals surface area contributed by atoms with Gasteiger partial charge in [-0.1, -0.05) is 32.0 Å². The molecular formula is C27H31F2N3O2. The molecule has 0 unspecified atom stereocenters. The summed E-state index contributed by atoms with van der Waals surface area (Å²) in [6, 6.07) is 11.6. The minimum absolute atomic E-state index is 0.0653. The highest BCUT2D eigenvalue weighted by Crippen LogP contribution is 2.33. The van der Waals surface area contributed by atoms with Crippen LogP contribution in [0.1, 0.15) is 52.6 Å². The number of aromatic nitrogens is 1. The Bertz CT molecular complexity index is 1160. The molecule has 1 amide bonds. The second-order valence-electron chi connectivity index (χ2n) is 9.02. The third kappa shape index (κ3) is 4.71. The molecule has 7 heteroatoms. The third-order valence-corrected chi connectivity index (χ3v) is 6.48. The van der Waals surface area contributed by atoms with Gasteiger partial charge in [-0.2, -0.15) is 0 Å². The van der Waals surface area contributed by atoms with Gasteiger partial charge in [-0.25, -0.2) is 8.78 Å². The lowest BCUT2D eigenvalue weighted by molar-refractivity contribution is 0.101. The molecule has 2 heterocycles. The summed E-state index contributed by atoms with van der Waals surface area (Å²) in [4.78, 5) is 15.7. The first-order valence-electron chi connectivity index (χ1n) is 11.6. The number of amides is 1. The van der Waals surface area contributed by atoms with Crippen molar-refractivity contribution in [3.8, 4) is 0 Å². The van der Waals surface area contributed by atoms with Gasteiger partial charge >= 0.3 is 0 Å². The quantitative estimate of drug-likeness (QED) is 0.510. The summed E-state index contributed by atoms with van der Waals surface area (Å²) in [6.45, 7) is 10.5. The highest BCUT2D eigenvalue weighted by Gasteiger charge is 2.28. The van der Waals surface area contributed by atoms with Gasteiger partial charge in [0.2, 0.25) is 0 Å². The maximum Gasteiger partial charge on any atom is 0.272 e. The average molecular weight is 468 g/mol. The number of halogens is 2. The van der Waals surface area contributed by atoms with Crippen LogP contribution >= 0.6 is 0 Å². The molecule has 180 valence electrons. The summed E-state index contributed by atoms with van der Waals surface area (Å²) in [5.74, 6) is -1.18. The van der Waals surface area contributed by atoms with Gasteiger partial charge in [0.05, 0.1) is 25.4 Å². The number of nitrogens with zero attached hydrogens (tertiary/aromatic N) is 2. The van der Waals surface area contributed by atoms with Crippen molar-refractivity contribution >= 4 is 17.3 Å². The van der Waals surface area contributed by atoms with Crippen LogP contribution in [0.4, 0.5) is 20.2 Å². The molecule has 0 aliphatic carbocycles. The average Bonchev–Trinajstić information content (AvgIpc) is 3.06. The Morgan fingerprint density at radius 2 is 1.65 bits per heavy atom. The number of ether oxygens (including phenoxy) is 1. The Balaban J connectivity index is 1.75. The van der Waals surface area contributed by atoms with E-state index in [0.717, 1.165) is 16.9 Å². The Morgan fingerprint density at radius 3 is 2.24 bits per heavy atom. The zero-order valence-corrected chi connectivity index (χ0v) is 20.1. The molecule has 0 saturated carbocycles. The molecule has 1 aliphatic rings. The first-order valence-corrected chi connectivity index (χ1v) is 11.6. The van der Waals surface area contributed by atoms with E-state index in [9.17, 15) is 13.6 Å². The lowest BCUT2D eigenvalue weighted by Crippen LogP contribution is -2.36. The normalized spacial score (nSPS) is 14.0. The maximum absolute atomic E-state index is 14.5. The molecule has 2 aromatic carbocycles. The molecule has 4 rings (SSSR count). The standard InChI is InChI=1S/C27H31F2N3O2/c1-17(2)20-8-10-21(11-9-20)30-27(33)26-18(3)25(31-12-14-34-15-13-31)19(4)32(26)16-22-23(28)6-5-7-24(22)29/h5-11,17H,12-16H2,1-4H3,(H,30,33). The SMILES string of the molecule is Cc1c(N2CCOCC2)c(C)n(Cc2c(F)cccc2F)c1C(=O)Nc1ccc(C(C)C)cc1. The highest BCUT2D eigenvalue weighted by molar-refractivity contribution is 6.05. The van der Waals surface area contributed by atoms with Gasteiger partial charge in [-0.15, -0.1) is 0 Å². The number of carbonyl (C=O) groups excluding carboxylic acids is 1. The highest BCUT2D eigenvalue weighted by atomic mass is 19.1. The van der Waals surface area contributed by atoms with Gasteiger partial charge < -0.3 is 19.5 Å². The molecule has 5 nitrogen and oxygen atoms in total. The summed E-state index contributed by atoms with van der Waals surface area (Å²) < 4.78 is 36.3. The zero-order valence-electron chi connectivity index (χ0n) is 20.1. The van der Waals surface area contributed by atoms with Crippen LogP contribution in [0.2, 0.25) is 0 Å². The second kappa shape index (κ2) is 9.97. The van der Waals surface area contributed by atoms with E-state index in [4.69, 9.17) is 4.74 Å². The van der Waals surface area contributed by atoms with Gasteiger partial charge in [0.15, 0.2) is 0 Å². The molecule has 0 bridgehead atoms. The van der Waals surface area contributed by atoms with Crippen LogP contribution in [-0.2, 0) is 11.3 Å². The lowest BCUT2D eigenvalue weighted by atomic mass is 10.0. The van der Waals surface area contributed by atoms with E-state index < -0.39 is 11.6 Å². The summed E-state index contributed by atoms with van der Waals surface area (Å²) in [5, 5.41) is 2.97. The van der Waals surface area contributed by atoms with Gasteiger partial charge in [0.1, 0.15) is 17.3 Å². The van der Waals surface area contributed by atoms with Crippen molar-refractivity contribution in [2.45, 2.75) is 40.2 Å². The second-order valence-corrected chi connectivity index (χ2v) is 9.02. The number of rotatable bonds is 6. The van der Waals surface area contributed by atoms with Gasteiger partial charge in [0, 0.05) is 35.6 Å². The largest absolute Gasteiger partial charge is 0.378 e. The number of nitrogens with one attached hydrogen (secondary N) is 1. The Kier molecular flexibility index (Phi) is 7.03. The van der Waals surface area contributed by atoms with Crippen LogP contribution in [0.25, 0.3) is 0 Å². The Morgan fingerprint density at radius 1 is 1.03 bits per heavy atom. The first-order chi connectivity index (χ1) is 16.3. The molecule has 1 aliphatic heterocycles. The van der Waals surface area contributed by atoms with Crippen LogP contribution in [-0.4, -0.2) is 36.8 Å². The summed E-state index contributed by atoms with van der Waals surface area (Å²) in [7, 11) is 0. The van der Waals surface area contributed by atoms with E-state index in [-0.39, 0.29) is 18.0 Å². The topological polar surface area (TPSA) is 46.5 Å². The molecule has 0 atom stereocenters. The number of hydrogen-bond acceptors (Lipinski definition) is 3. The van der Waals surface area contributed by atoms with Crippen molar-refractivity contribution in [1.29, 1.82) is 0 Å². The van der Waals surface area contributed by atoms with Crippen LogP contribution in [0.3, 0.4) is 0 Å². The fourth-order valence-electron chi connectivity index (χ4n) is 4.61. The summed E-state index contributed by atoms with van der Waals surface area (Å²) in [5.41, 5.74) is 4.68. The van der Waals surface area contributed by atoms with E-state index in [2.05, 4.69) is 24.1 Å². The van der Waals surface area contributed by atoms with Gasteiger partial charge in [-0.05, 0) is 49.6 Å². The van der Waals surface area contributed by atoms with Crippen molar-refractivity contribution in [1.82, 2.24) is 4.57 Å². The molecule has 1 fully saturated rings. The van der Waals surface area contributed by atoms with Crippen molar-refractivity contribution < 1.29 is 18.3 Å². The van der Waals surface area contributed by atoms with Crippen LogP contribution < -0.4 is 10.2 Å². The third-order valence-electron chi connectivity index (χ3n) is 6.48. The fourth-order valence-corrected chi connectivity index (χ4v) is 4.61. The number of benzene rings is 2. The first kappa shape index (κ1) is 24.0. The molecular weight excluding hydrogens is 436 g/mol. The van der Waals surface area contributed by atoms with E-state index in [1.807, 2.05) is 38.1 Å². The Hall–Kier alpha value is -3.19. The van der Waals surface area contributed by atoms with Crippen LogP contribution in [0.5, 0.6) is 0 Å². The predicted octanol–water partition coefficient (Wildman–Crippen LogP) is 5.64. The monoisotopic (exact) mass is 467 g/mol. The van der Waals surface area contributed by atoms with E-state index >= 15 is 0 Å². The molecule has 1 N–H and O–H groups in total. The molecule has 3 aromatic rings. The number of anilines is 2. The van der Waals surface area contributed by atoms with Crippen LogP contribution in [0, 0.1) is 25.5 Å². The summed E-state index contributed by atoms with van der Waals surface area (Å²) in [6.07, 6.45) is 0. The van der Waals surface area contributed by atoms with E-state index in [0.29, 0.717) is 43.6 Å². The number of hydrogen-bond donors (Lipinski definition) is 1. The van der Waals surface area contributed by atoms with Crippen molar-refractivity contribution in [2.24, 2.45) is 0 Å². The number of morpholine rings is 1. The van der Waals surface area contributed by atoms with Crippen molar-refractivity contribution in [3.63, 3.8) is 0 Å². The molecule has 34 heavy (non-hydrogen) atoms. The summed E-state index contributed by atoms with van der Waals surface area (Å²) >= 11 is 0. The minimum atomic E-state index is -0.630. The molecule has 0 radical (unpaired) electrons. The maximum atomic E-state index is 14.5. The van der Waals surface area contributed by atoms with Gasteiger partial charge in [0.25, 0.3) is 5.91 Å². The lowest BCUT2D eigenvalue weighted by Gasteiger charge is -2.29. The van der Waals surface area contributed by atoms with Gasteiger partial charge in [-0.3, -0.25) is 4.79 Å². The van der Waals surface area contributed by atoms with Crippen LogP contribution in [0.15, 0.2) is 42.5 Å². The molecule has 0 spiro atoms. The minimum Gasteiger partial charge on any atom is -0.378 e. The smallest absolute Gasteiger partial charge is 0.272 e. The molecule has 1 saturated heterocycles. The van der Waals surface area contributed by atoms with Crippen molar-refractivity contribution in [2.75, 3.05) is 36.5 Å². The molecule has 1 aromatic heterocycles. The Labute approximate surface area is 199 Å². The fraction of sp³-hybridized carbons (Fsp3) is 0.370. The number of carbonyl (C=O) groups is 1. The van der Waals surface area contributed by atoms with E-state index in [1.54, 1.807) is 4.57 Å².